The number of rotatable bonds is 6. The van der Waals surface area contributed by atoms with Crippen molar-refractivity contribution < 1.29 is 5.21 Å². The molecule has 3 N–H and O–H groups in total. The standard InChI is InChI=1S/C12H19N5O/c1-2-3-8-17(9-4-5-9)12-10(11(13)16-18)6-7-14-15-12/h6-7,9,18H,2-5,8H2,1H3,(H2,13,16). The zero-order chi connectivity index (χ0) is 13.0. The third-order valence-corrected chi connectivity index (χ3v) is 3.10. The summed E-state index contributed by atoms with van der Waals surface area (Å²) >= 11 is 0. The van der Waals surface area contributed by atoms with E-state index in [0.29, 0.717) is 11.6 Å². The van der Waals surface area contributed by atoms with E-state index in [1.165, 1.54) is 12.8 Å². The lowest BCUT2D eigenvalue weighted by Gasteiger charge is -2.24. The highest BCUT2D eigenvalue weighted by Crippen LogP contribution is 2.32. The highest BCUT2D eigenvalue weighted by molar-refractivity contribution is 6.01. The minimum Gasteiger partial charge on any atom is -0.409 e. The van der Waals surface area contributed by atoms with Gasteiger partial charge in [0.05, 0.1) is 11.8 Å². The molecule has 6 nitrogen and oxygen atoms in total. The number of hydrogen-bond acceptors (Lipinski definition) is 5. The van der Waals surface area contributed by atoms with Crippen molar-refractivity contribution in [2.45, 2.75) is 38.6 Å². The Balaban J connectivity index is 2.28. The molecule has 1 fully saturated rings. The van der Waals surface area contributed by atoms with E-state index in [1.807, 2.05) is 0 Å². The molecule has 0 bridgehead atoms. The Morgan fingerprint density at radius 3 is 3.00 bits per heavy atom. The first-order valence-electron chi connectivity index (χ1n) is 6.34. The van der Waals surface area contributed by atoms with E-state index < -0.39 is 0 Å². The summed E-state index contributed by atoms with van der Waals surface area (Å²) in [6.07, 6.45) is 6.14. The summed E-state index contributed by atoms with van der Waals surface area (Å²) in [5.74, 6) is 0.811. The van der Waals surface area contributed by atoms with E-state index in [-0.39, 0.29) is 5.84 Å². The van der Waals surface area contributed by atoms with Crippen LogP contribution in [-0.4, -0.2) is 33.8 Å². The quantitative estimate of drug-likeness (QED) is 0.344. The highest BCUT2D eigenvalue weighted by Gasteiger charge is 2.31. The lowest BCUT2D eigenvalue weighted by Crippen LogP contribution is -2.31. The average molecular weight is 249 g/mol. The van der Waals surface area contributed by atoms with Gasteiger partial charge < -0.3 is 15.8 Å². The van der Waals surface area contributed by atoms with Crippen molar-refractivity contribution in [3.05, 3.63) is 17.8 Å². The van der Waals surface area contributed by atoms with E-state index in [0.717, 1.165) is 25.2 Å². The van der Waals surface area contributed by atoms with E-state index in [9.17, 15) is 0 Å². The van der Waals surface area contributed by atoms with Gasteiger partial charge in [-0.05, 0) is 25.3 Å². The Bertz CT molecular complexity index is 430. The fourth-order valence-corrected chi connectivity index (χ4v) is 1.97. The molecule has 1 aliphatic rings. The molecule has 0 spiro atoms. The van der Waals surface area contributed by atoms with E-state index in [2.05, 4.69) is 27.2 Å². The topological polar surface area (TPSA) is 87.6 Å². The summed E-state index contributed by atoms with van der Waals surface area (Å²) in [5, 5.41) is 20.0. The zero-order valence-corrected chi connectivity index (χ0v) is 10.6. The van der Waals surface area contributed by atoms with Crippen molar-refractivity contribution in [2.75, 3.05) is 11.4 Å². The van der Waals surface area contributed by atoms with Crippen molar-refractivity contribution in [3.8, 4) is 0 Å². The molecule has 0 atom stereocenters. The fraction of sp³-hybridized carbons (Fsp3) is 0.583. The summed E-state index contributed by atoms with van der Waals surface area (Å²) in [5.41, 5.74) is 6.34. The van der Waals surface area contributed by atoms with Crippen LogP contribution in [0.3, 0.4) is 0 Å². The van der Waals surface area contributed by atoms with Gasteiger partial charge in [0.25, 0.3) is 0 Å². The first kappa shape index (κ1) is 12.6. The minimum absolute atomic E-state index is 0.0852. The van der Waals surface area contributed by atoms with E-state index in [1.54, 1.807) is 12.3 Å². The number of nitrogens with zero attached hydrogens (tertiary/aromatic N) is 4. The van der Waals surface area contributed by atoms with Gasteiger partial charge in [0.15, 0.2) is 11.7 Å². The molecule has 1 aromatic rings. The Hall–Kier alpha value is -1.85. The molecule has 0 amide bonds. The van der Waals surface area contributed by atoms with Gasteiger partial charge in [0, 0.05) is 12.6 Å². The summed E-state index contributed by atoms with van der Waals surface area (Å²) < 4.78 is 0. The van der Waals surface area contributed by atoms with Gasteiger partial charge in [-0.15, -0.1) is 5.10 Å². The predicted molar refractivity (Wildman–Crippen MR) is 69.8 cm³/mol. The Morgan fingerprint density at radius 2 is 2.39 bits per heavy atom. The maximum atomic E-state index is 8.82. The lowest BCUT2D eigenvalue weighted by molar-refractivity contribution is 0.318. The van der Waals surface area contributed by atoms with Gasteiger partial charge in [0.1, 0.15) is 0 Å². The monoisotopic (exact) mass is 249 g/mol. The highest BCUT2D eigenvalue weighted by atomic mass is 16.4. The van der Waals surface area contributed by atoms with Crippen LogP contribution in [0.4, 0.5) is 5.82 Å². The van der Waals surface area contributed by atoms with Crippen molar-refractivity contribution in [3.63, 3.8) is 0 Å². The molecule has 98 valence electrons. The number of unbranched alkanes of at least 4 members (excludes halogenated alkanes) is 1. The van der Waals surface area contributed by atoms with Gasteiger partial charge in [-0.2, -0.15) is 5.10 Å². The second kappa shape index (κ2) is 5.66. The summed E-state index contributed by atoms with van der Waals surface area (Å²) in [4.78, 5) is 2.23. The van der Waals surface area contributed by atoms with Crippen molar-refractivity contribution in [1.29, 1.82) is 0 Å². The van der Waals surface area contributed by atoms with Gasteiger partial charge in [-0.3, -0.25) is 0 Å². The van der Waals surface area contributed by atoms with Gasteiger partial charge in [0.2, 0.25) is 0 Å². The molecule has 0 saturated heterocycles. The average Bonchev–Trinajstić information content (AvgIpc) is 3.23. The Kier molecular flexibility index (Phi) is 3.96. The van der Waals surface area contributed by atoms with Gasteiger partial charge >= 0.3 is 0 Å². The van der Waals surface area contributed by atoms with Crippen LogP contribution >= 0.6 is 0 Å². The second-order valence-electron chi connectivity index (χ2n) is 4.53. The van der Waals surface area contributed by atoms with Crippen LogP contribution < -0.4 is 10.6 Å². The fourth-order valence-electron chi connectivity index (χ4n) is 1.97. The van der Waals surface area contributed by atoms with Crippen molar-refractivity contribution >= 4 is 11.7 Å². The Morgan fingerprint density at radius 1 is 1.61 bits per heavy atom. The molecule has 18 heavy (non-hydrogen) atoms. The molecular weight excluding hydrogens is 230 g/mol. The SMILES string of the molecule is CCCCN(c1nnccc1/C(N)=N/O)C1CC1. The zero-order valence-electron chi connectivity index (χ0n) is 10.6. The van der Waals surface area contributed by atoms with E-state index >= 15 is 0 Å². The molecule has 0 unspecified atom stereocenters. The lowest BCUT2D eigenvalue weighted by atomic mass is 10.2. The predicted octanol–water partition coefficient (Wildman–Crippen LogP) is 1.34. The molecule has 2 rings (SSSR count). The molecule has 0 aromatic carbocycles. The minimum atomic E-state index is 0.0852. The van der Waals surface area contributed by atoms with Crippen molar-refractivity contribution in [1.82, 2.24) is 10.2 Å². The van der Waals surface area contributed by atoms with Crippen LogP contribution in [0.5, 0.6) is 0 Å². The molecular formula is C12H19N5O. The van der Waals surface area contributed by atoms with Crippen LogP contribution in [0.1, 0.15) is 38.2 Å². The number of nitrogens with two attached hydrogens (primary N) is 1. The van der Waals surface area contributed by atoms with Gasteiger partial charge in [-0.1, -0.05) is 18.5 Å². The summed E-state index contributed by atoms with van der Waals surface area (Å²) in [6, 6.07) is 2.26. The van der Waals surface area contributed by atoms with Crippen molar-refractivity contribution in [2.24, 2.45) is 10.9 Å². The third-order valence-electron chi connectivity index (χ3n) is 3.10. The largest absolute Gasteiger partial charge is 0.409 e. The second-order valence-corrected chi connectivity index (χ2v) is 4.53. The molecule has 1 aliphatic carbocycles. The molecule has 0 radical (unpaired) electrons. The van der Waals surface area contributed by atoms with Crippen LogP contribution in [0.25, 0.3) is 0 Å². The number of hydrogen-bond donors (Lipinski definition) is 2. The maximum absolute atomic E-state index is 8.82. The molecule has 1 saturated carbocycles. The first-order valence-corrected chi connectivity index (χ1v) is 6.34. The van der Waals surface area contributed by atoms with Crippen LogP contribution in [-0.2, 0) is 0 Å². The number of oxime groups is 1. The first-order chi connectivity index (χ1) is 8.77. The summed E-state index contributed by atoms with van der Waals surface area (Å²) in [7, 11) is 0. The number of amidine groups is 1. The Labute approximate surface area is 106 Å². The van der Waals surface area contributed by atoms with Crippen LogP contribution in [0.2, 0.25) is 0 Å². The molecule has 1 aromatic heterocycles. The smallest absolute Gasteiger partial charge is 0.173 e. The molecule has 1 heterocycles. The number of anilines is 1. The summed E-state index contributed by atoms with van der Waals surface area (Å²) in [6.45, 7) is 3.10. The third kappa shape index (κ3) is 2.69. The van der Waals surface area contributed by atoms with Crippen LogP contribution in [0.15, 0.2) is 17.4 Å². The molecule has 0 aliphatic heterocycles. The maximum Gasteiger partial charge on any atom is 0.173 e. The normalized spacial score (nSPS) is 15.7. The molecule has 6 heteroatoms. The number of aromatic nitrogens is 2. The van der Waals surface area contributed by atoms with Crippen LogP contribution in [0, 0.1) is 0 Å². The van der Waals surface area contributed by atoms with E-state index in [4.69, 9.17) is 10.9 Å². The van der Waals surface area contributed by atoms with Gasteiger partial charge in [-0.25, -0.2) is 0 Å².